The van der Waals surface area contributed by atoms with E-state index in [0.29, 0.717) is 24.9 Å². The number of piperidine rings is 1. The first-order chi connectivity index (χ1) is 10.5. The van der Waals surface area contributed by atoms with Crippen LogP contribution in [0, 0.1) is 12.8 Å². The number of rotatable bonds is 4. The number of aromatic nitrogens is 2. The smallest absolute Gasteiger partial charge is 0.266 e. The Balaban J connectivity index is 1.49. The molecule has 2 aliphatic rings. The van der Waals surface area contributed by atoms with Crippen molar-refractivity contribution in [2.45, 2.75) is 38.8 Å². The molecule has 1 atom stereocenters. The molecule has 1 aromatic rings. The molecule has 1 aromatic heterocycles. The number of aryl methyl sites for hydroxylation is 1. The molecule has 0 aliphatic carbocycles. The van der Waals surface area contributed by atoms with Gasteiger partial charge in [-0.2, -0.15) is 5.10 Å². The van der Waals surface area contributed by atoms with Gasteiger partial charge in [-0.1, -0.05) is 0 Å². The van der Waals surface area contributed by atoms with Crippen molar-refractivity contribution < 1.29 is 4.79 Å². The summed E-state index contributed by atoms with van der Waals surface area (Å²) in [6.45, 7) is 5.52. The predicted octanol–water partition coefficient (Wildman–Crippen LogP) is 0.494. The third-order valence-corrected chi connectivity index (χ3v) is 4.80. The molecule has 0 bridgehead atoms. The summed E-state index contributed by atoms with van der Waals surface area (Å²) in [5.74, 6) is 0.750. The van der Waals surface area contributed by atoms with E-state index in [0.717, 1.165) is 38.2 Å². The zero-order valence-corrected chi connectivity index (χ0v) is 13.4. The summed E-state index contributed by atoms with van der Waals surface area (Å²) >= 11 is 0. The second-order valence-corrected chi connectivity index (χ2v) is 6.63. The second-order valence-electron chi connectivity index (χ2n) is 6.63. The van der Waals surface area contributed by atoms with Gasteiger partial charge in [0.25, 0.3) is 5.56 Å². The minimum atomic E-state index is -0.0262. The predicted molar refractivity (Wildman–Crippen MR) is 83.6 cm³/mol. The van der Waals surface area contributed by atoms with Gasteiger partial charge in [0.05, 0.1) is 12.2 Å². The minimum absolute atomic E-state index is 0.0262. The fourth-order valence-electron chi connectivity index (χ4n) is 3.44. The second kappa shape index (κ2) is 6.20. The van der Waals surface area contributed by atoms with Gasteiger partial charge < -0.3 is 9.80 Å². The van der Waals surface area contributed by atoms with E-state index in [1.54, 1.807) is 16.8 Å². The number of hydrogen-bond acceptors (Lipinski definition) is 4. The fraction of sp³-hybridized carbons (Fsp3) is 0.688. The summed E-state index contributed by atoms with van der Waals surface area (Å²) in [5.41, 5.74) is 0.847. The van der Waals surface area contributed by atoms with E-state index in [2.05, 4.69) is 10.00 Å². The number of carbonyl (C=O) groups is 1. The van der Waals surface area contributed by atoms with Crippen LogP contribution in [0.5, 0.6) is 0 Å². The Morgan fingerprint density at radius 1 is 1.23 bits per heavy atom. The molecular formula is C16H24N4O2. The average molecular weight is 304 g/mol. The van der Waals surface area contributed by atoms with Gasteiger partial charge in [-0.05, 0) is 25.8 Å². The molecule has 6 heteroatoms. The van der Waals surface area contributed by atoms with E-state index in [9.17, 15) is 9.59 Å². The topological polar surface area (TPSA) is 58.4 Å². The Bertz CT molecular complexity index is 606. The lowest BCUT2D eigenvalue weighted by molar-refractivity contribution is -0.135. The van der Waals surface area contributed by atoms with Gasteiger partial charge >= 0.3 is 0 Å². The molecular weight excluding hydrogens is 280 g/mol. The van der Waals surface area contributed by atoms with E-state index in [4.69, 9.17) is 0 Å². The number of likely N-dealkylation sites (tertiary alicyclic amines) is 2. The first kappa shape index (κ1) is 15.2. The van der Waals surface area contributed by atoms with Crippen LogP contribution in [0.4, 0.5) is 0 Å². The van der Waals surface area contributed by atoms with Crippen LogP contribution in [0.2, 0.25) is 0 Å². The Labute approximate surface area is 130 Å². The van der Waals surface area contributed by atoms with Gasteiger partial charge in [0.2, 0.25) is 5.91 Å². The molecule has 0 spiro atoms. The van der Waals surface area contributed by atoms with Crippen LogP contribution in [-0.4, -0.2) is 58.2 Å². The van der Waals surface area contributed by atoms with E-state index in [1.807, 2.05) is 18.9 Å². The van der Waals surface area contributed by atoms with Crippen LogP contribution in [0.15, 0.2) is 16.9 Å². The molecule has 1 unspecified atom stereocenters. The third-order valence-electron chi connectivity index (χ3n) is 4.80. The maximum atomic E-state index is 11.8. The molecule has 0 saturated carbocycles. The summed E-state index contributed by atoms with van der Waals surface area (Å²) in [6.07, 6.45) is 2.80. The summed E-state index contributed by atoms with van der Waals surface area (Å²) in [6, 6.07) is 3.69. The zero-order chi connectivity index (χ0) is 15.7. The lowest BCUT2D eigenvalue weighted by atomic mass is 9.96. The normalized spacial score (nSPS) is 23.6. The molecule has 0 radical (unpaired) electrons. The Hall–Kier alpha value is -1.69. The molecule has 120 valence electrons. The van der Waals surface area contributed by atoms with Crippen LogP contribution < -0.4 is 5.56 Å². The SMILES string of the molecule is Cc1ccc(=O)n(CC2CN(CC3CCCC(=O)N3C)C2)n1. The van der Waals surface area contributed by atoms with Crippen molar-refractivity contribution in [3.05, 3.63) is 28.2 Å². The van der Waals surface area contributed by atoms with Crippen LogP contribution >= 0.6 is 0 Å². The third kappa shape index (κ3) is 3.21. The van der Waals surface area contributed by atoms with E-state index in [-0.39, 0.29) is 11.5 Å². The average Bonchev–Trinajstić information content (AvgIpc) is 2.45. The Kier molecular flexibility index (Phi) is 4.29. The lowest BCUT2D eigenvalue weighted by Gasteiger charge is -2.43. The molecule has 2 aliphatic heterocycles. The number of amides is 1. The zero-order valence-electron chi connectivity index (χ0n) is 13.4. The fourth-order valence-corrected chi connectivity index (χ4v) is 3.44. The first-order valence-corrected chi connectivity index (χ1v) is 8.05. The quantitative estimate of drug-likeness (QED) is 0.812. The summed E-state index contributed by atoms with van der Waals surface area (Å²) < 4.78 is 1.58. The Morgan fingerprint density at radius 3 is 2.77 bits per heavy atom. The van der Waals surface area contributed by atoms with Crippen molar-refractivity contribution in [2.75, 3.05) is 26.7 Å². The van der Waals surface area contributed by atoms with Crippen LogP contribution in [-0.2, 0) is 11.3 Å². The van der Waals surface area contributed by atoms with Gasteiger partial charge in [-0.25, -0.2) is 4.68 Å². The van der Waals surface area contributed by atoms with Crippen molar-refractivity contribution in [1.82, 2.24) is 19.6 Å². The van der Waals surface area contributed by atoms with Gasteiger partial charge in [0.1, 0.15) is 0 Å². The maximum absolute atomic E-state index is 11.8. The highest BCUT2D eigenvalue weighted by Gasteiger charge is 2.32. The van der Waals surface area contributed by atoms with Gasteiger partial charge in [0.15, 0.2) is 0 Å². The van der Waals surface area contributed by atoms with Crippen molar-refractivity contribution in [3.8, 4) is 0 Å². The molecule has 2 fully saturated rings. The van der Waals surface area contributed by atoms with Crippen molar-refractivity contribution in [1.29, 1.82) is 0 Å². The molecule has 6 nitrogen and oxygen atoms in total. The molecule has 3 heterocycles. The van der Waals surface area contributed by atoms with E-state index < -0.39 is 0 Å². The van der Waals surface area contributed by atoms with Crippen LogP contribution in [0.25, 0.3) is 0 Å². The van der Waals surface area contributed by atoms with Crippen LogP contribution in [0.3, 0.4) is 0 Å². The molecule has 0 aromatic carbocycles. The molecule has 2 saturated heterocycles. The van der Waals surface area contributed by atoms with E-state index >= 15 is 0 Å². The molecule has 22 heavy (non-hydrogen) atoms. The molecule has 0 N–H and O–H groups in total. The van der Waals surface area contributed by atoms with Crippen molar-refractivity contribution in [2.24, 2.45) is 5.92 Å². The number of nitrogens with zero attached hydrogens (tertiary/aromatic N) is 4. The lowest BCUT2D eigenvalue weighted by Crippen LogP contribution is -2.55. The monoisotopic (exact) mass is 304 g/mol. The number of likely N-dealkylation sites (N-methyl/N-ethyl adjacent to an activating group) is 1. The van der Waals surface area contributed by atoms with Gasteiger partial charge in [-0.3, -0.25) is 9.59 Å². The van der Waals surface area contributed by atoms with E-state index in [1.165, 1.54) is 0 Å². The van der Waals surface area contributed by atoms with Crippen LogP contribution in [0.1, 0.15) is 25.0 Å². The molecule has 1 amide bonds. The Morgan fingerprint density at radius 2 is 2.00 bits per heavy atom. The minimum Gasteiger partial charge on any atom is -0.341 e. The summed E-state index contributed by atoms with van der Waals surface area (Å²) in [7, 11) is 1.92. The standard InChI is InChI=1S/C16H24N4O2/c1-12-6-7-16(22)20(17-12)10-13-8-19(9-13)11-14-4-3-5-15(21)18(14)2/h6-7,13-14H,3-5,8-11H2,1-2H3. The van der Waals surface area contributed by atoms with Crippen molar-refractivity contribution >= 4 is 5.91 Å². The largest absolute Gasteiger partial charge is 0.341 e. The highest BCUT2D eigenvalue weighted by atomic mass is 16.2. The first-order valence-electron chi connectivity index (χ1n) is 8.05. The summed E-state index contributed by atoms with van der Waals surface area (Å²) in [5, 5.41) is 4.29. The van der Waals surface area contributed by atoms with Crippen molar-refractivity contribution in [3.63, 3.8) is 0 Å². The maximum Gasteiger partial charge on any atom is 0.266 e. The summed E-state index contributed by atoms with van der Waals surface area (Å²) in [4.78, 5) is 27.8. The highest BCUT2D eigenvalue weighted by Crippen LogP contribution is 2.22. The van der Waals surface area contributed by atoms with Gasteiger partial charge in [-0.15, -0.1) is 0 Å². The number of hydrogen-bond donors (Lipinski definition) is 0. The number of carbonyl (C=O) groups excluding carboxylic acids is 1. The highest BCUT2D eigenvalue weighted by molar-refractivity contribution is 5.76. The molecule has 3 rings (SSSR count). The van der Waals surface area contributed by atoms with Gasteiger partial charge in [0, 0.05) is 51.1 Å².